The Hall–Kier alpha value is -2.35. The van der Waals surface area contributed by atoms with Gasteiger partial charge in [-0.25, -0.2) is 4.79 Å². The van der Waals surface area contributed by atoms with Crippen molar-refractivity contribution in [2.45, 2.75) is 13.3 Å². The van der Waals surface area contributed by atoms with Gasteiger partial charge in [-0.1, -0.05) is 6.92 Å². The van der Waals surface area contributed by atoms with E-state index in [0.29, 0.717) is 18.1 Å². The number of thiophene rings is 1. The number of nitrogens with zero attached hydrogens (tertiary/aromatic N) is 2. The maximum absolute atomic E-state index is 12.0. The van der Waals surface area contributed by atoms with Crippen molar-refractivity contribution in [2.75, 3.05) is 16.0 Å². The highest BCUT2D eigenvalue weighted by atomic mass is 32.1. The van der Waals surface area contributed by atoms with Gasteiger partial charge in [-0.15, -0.1) is 11.3 Å². The first-order valence-corrected chi connectivity index (χ1v) is 7.41. The van der Waals surface area contributed by atoms with Gasteiger partial charge in [0, 0.05) is 18.5 Å². The lowest BCUT2D eigenvalue weighted by atomic mass is 9.98. The summed E-state index contributed by atoms with van der Waals surface area (Å²) in [4.78, 5) is 23.7. The molecule has 0 aliphatic carbocycles. The smallest absolute Gasteiger partial charge is 0.310 e. The number of hydrogen-bond donors (Lipinski definition) is 3. The van der Waals surface area contributed by atoms with Crippen LogP contribution in [0.25, 0.3) is 0 Å². The summed E-state index contributed by atoms with van der Waals surface area (Å²) < 4.78 is 1.57. The van der Waals surface area contributed by atoms with Gasteiger partial charge < -0.3 is 5.32 Å². The van der Waals surface area contributed by atoms with Crippen molar-refractivity contribution < 1.29 is 9.59 Å². The van der Waals surface area contributed by atoms with Crippen LogP contribution >= 0.6 is 11.3 Å². The first kappa shape index (κ1) is 13.6. The number of nitrogens with one attached hydrogen (secondary N) is 3. The Bertz CT molecular complexity index is 692. The minimum absolute atomic E-state index is 0.0277. The third-order valence-electron chi connectivity index (χ3n) is 3.33. The Kier molecular flexibility index (Phi) is 3.38. The summed E-state index contributed by atoms with van der Waals surface area (Å²) in [5, 5.41) is 15.2. The van der Waals surface area contributed by atoms with Gasteiger partial charge >= 0.3 is 6.03 Å². The number of anilines is 3. The van der Waals surface area contributed by atoms with E-state index in [9.17, 15) is 9.59 Å². The Labute approximate surface area is 125 Å². The molecule has 2 aromatic rings. The van der Waals surface area contributed by atoms with E-state index in [1.165, 1.54) is 11.3 Å². The number of hydrogen-bond acceptors (Lipinski definition) is 4. The quantitative estimate of drug-likeness (QED) is 0.795. The van der Waals surface area contributed by atoms with Crippen molar-refractivity contribution in [3.05, 3.63) is 23.1 Å². The standard InChI is InChI=1S/C13H15N5O2S/c1-7-6-8-10(17-18(2)11(8)16-12(7)19)15-13(20)14-9-4-3-5-21-9/h3-5,7H,6H2,1-2H3,(H,16,19)(H2,14,15,17,20). The third-order valence-corrected chi connectivity index (χ3v) is 4.12. The molecule has 3 N–H and O–H groups in total. The fourth-order valence-corrected chi connectivity index (χ4v) is 2.87. The van der Waals surface area contributed by atoms with E-state index in [4.69, 9.17) is 0 Å². The monoisotopic (exact) mass is 305 g/mol. The van der Waals surface area contributed by atoms with E-state index < -0.39 is 0 Å². The fourth-order valence-electron chi connectivity index (χ4n) is 2.26. The maximum Gasteiger partial charge on any atom is 0.325 e. The summed E-state index contributed by atoms with van der Waals surface area (Å²) in [5.74, 6) is 0.959. The van der Waals surface area contributed by atoms with E-state index in [1.54, 1.807) is 11.7 Å². The second-order valence-corrected chi connectivity index (χ2v) is 5.90. The first-order chi connectivity index (χ1) is 10.0. The largest absolute Gasteiger partial charge is 0.325 e. The Morgan fingerprint density at radius 1 is 1.52 bits per heavy atom. The fraction of sp³-hybridized carbons (Fsp3) is 0.308. The van der Waals surface area contributed by atoms with Gasteiger partial charge in [0.1, 0.15) is 5.82 Å². The van der Waals surface area contributed by atoms with Crippen molar-refractivity contribution in [3.8, 4) is 0 Å². The van der Waals surface area contributed by atoms with Gasteiger partial charge in [0.15, 0.2) is 5.82 Å². The number of aromatic nitrogens is 2. The predicted octanol–water partition coefficient (Wildman–Crippen LogP) is 2.26. The second kappa shape index (κ2) is 5.21. The zero-order valence-electron chi connectivity index (χ0n) is 11.6. The molecule has 7 nitrogen and oxygen atoms in total. The third kappa shape index (κ3) is 2.62. The van der Waals surface area contributed by atoms with Crippen LogP contribution in [0.3, 0.4) is 0 Å². The molecule has 0 fully saturated rings. The highest BCUT2D eigenvalue weighted by Crippen LogP contribution is 2.31. The summed E-state index contributed by atoms with van der Waals surface area (Å²) in [6, 6.07) is 3.34. The highest BCUT2D eigenvalue weighted by molar-refractivity contribution is 7.14. The SMILES string of the molecule is CC1Cc2c(NC(=O)Nc3cccs3)nn(C)c2NC1=O. The number of rotatable bonds is 2. The van der Waals surface area contributed by atoms with Crippen LogP contribution in [0.2, 0.25) is 0 Å². The molecule has 0 radical (unpaired) electrons. The number of amides is 3. The number of carbonyl (C=O) groups excluding carboxylic acids is 2. The lowest BCUT2D eigenvalue weighted by molar-refractivity contribution is -0.119. The molecule has 3 heterocycles. The van der Waals surface area contributed by atoms with Crippen LogP contribution in [0.5, 0.6) is 0 Å². The molecule has 2 aromatic heterocycles. The molecule has 0 aromatic carbocycles. The molecule has 0 spiro atoms. The second-order valence-electron chi connectivity index (χ2n) is 4.95. The molecule has 0 saturated carbocycles. The van der Waals surface area contributed by atoms with Gasteiger partial charge in [0.25, 0.3) is 0 Å². The molecule has 1 unspecified atom stereocenters. The van der Waals surface area contributed by atoms with Crippen molar-refractivity contribution in [3.63, 3.8) is 0 Å². The summed E-state index contributed by atoms with van der Waals surface area (Å²) >= 11 is 1.44. The summed E-state index contributed by atoms with van der Waals surface area (Å²) in [6.45, 7) is 1.85. The summed E-state index contributed by atoms with van der Waals surface area (Å²) in [7, 11) is 1.73. The van der Waals surface area contributed by atoms with Crippen molar-refractivity contribution in [1.82, 2.24) is 9.78 Å². The summed E-state index contributed by atoms with van der Waals surface area (Å²) in [5.41, 5.74) is 0.853. The Balaban J connectivity index is 1.79. The normalized spacial score (nSPS) is 17.0. The Morgan fingerprint density at radius 2 is 2.33 bits per heavy atom. The van der Waals surface area contributed by atoms with Gasteiger partial charge in [0.2, 0.25) is 5.91 Å². The van der Waals surface area contributed by atoms with E-state index in [-0.39, 0.29) is 17.9 Å². The van der Waals surface area contributed by atoms with Gasteiger partial charge in [-0.3, -0.25) is 20.1 Å². The van der Waals surface area contributed by atoms with Gasteiger partial charge in [-0.2, -0.15) is 5.10 Å². The maximum atomic E-state index is 12.0. The molecular weight excluding hydrogens is 290 g/mol. The van der Waals surface area contributed by atoms with Crippen molar-refractivity contribution >= 4 is 39.9 Å². The van der Waals surface area contributed by atoms with E-state index in [2.05, 4.69) is 21.0 Å². The van der Waals surface area contributed by atoms with E-state index in [0.717, 1.165) is 10.6 Å². The number of urea groups is 1. The molecule has 110 valence electrons. The van der Waals surface area contributed by atoms with E-state index >= 15 is 0 Å². The van der Waals surface area contributed by atoms with E-state index in [1.807, 2.05) is 24.4 Å². The molecule has 1 aliphatic rings. The molecular formula is C13H15N5O2S. The molecule has 3 amide bonds. The van der Waals surface area contributed by atoms with Gasteiger partial charge in [0.05, 0.1) is 5.00 Å². The molecule has 3 rings (SSSR count). The first-order valence-electron chi connectivity index (χ1n) is 6.53. The molecule has 21 heavy (non-hydrogen) atoms. The molecule has 1 atom stereocenters. The van der Waals surface area contributed by atoms with Crippen molar-refractivity contribution in [2.24, 2.45) is 13.0 Å². The molecule has 0 saturated heterocycles. The van der Waals surface area contributed by atoms with Crippen LogP contribution in [-0.4, -0.2) is 21.7 Å². The summed E-state index contributed by atoms with van der Waals surface area (Å²) in [6.07, 6.45) is 0.559. The Morgan fingerprint density at radius 3 is 3.05 bits per heavy atom. The molecule has 1 aliphatic heterocycles. The number of carbonyl (C=O) groups is 2. The zero-order chi connectivity index (χ0) is 15.0. The van der Waals surface area contributed by atoms with Gasteiger partial charge in [-0.05, 0) is 23.9 Å². The lowest BCUT2D eigenvalue weighted by Gasteiger charge is -2.19. The zero-order valence-corrected chi connectivity index (χ0v) is 12.5. The van der Waals surface area contributed by atoms with Crippen LogP contribution in [0.4, 0.5) is 21.4 Å². The molecule has 8 heteroatoms. The van der Waals surface area contributed by atoms with Crippen LogP contribution in [-0.2, 0) is 18.3 Å². The van der Waals surface area contributed by atoms with Crippen molar-refractivity contribution in [1.29, 1.82) is 0 Å². The highest BCUT2D eigenvalue weighted by Gasteiger charge is 2.29. The minimum Gasteiger partial charge on any atom is -0.310 e. The minimum atomic E-state index is -0.345. The lowest BCUT2D eigenvalue weighted by Crippen LogP contribution is -2.29. The topological polar surface area (TPSA) is 88.1 Å². The van der Waals surface area contributed by atoms with Crippen LogP contribution in [0.15, 0.2) is 17.5 Å². The number of fused-ring (bicyclic) bond motifs is 1. The average molecular weight is 305 g/mol. The van der Waals surface area contributed by atoms with Crippen LogP contribution < -0.4 is 16.0 Å². The molecule has 0 bridgehead atoms. The van der Waals surface area contributed by atoms with Crippen LogP contribution in [0.1, 0.15) is 12.5 Å². The average Bonchev–Trinajstić information content (AvgIpc) is 3.01. The number of aryl methyl sites for hydroxylation is 1. The predicted molar refractivity (Wildman–Crippen MR) is 81.7 cm³/mol. The van der Waals surface area contributed by atoms with Crippen LogP contribution in [0, 0.1) is 5.92 Å².